The maximum Gasteiger partial charge on any atom is 0.416 e. The van der Waals surface area contributed by atoms with E-state index < -0.39 is 11.7 Å². The number of carbonyl (C=O) groups is 1. The molecular formula is C18H22F3N3OS. The Morgan fingerprint density at radius 1 is 1.31 bits per heavy atom. The van der Waals surface area contributed by atoms with Gasteiger partial charge in [-0.1, -0.05) is 26.0 Å². The number of nitrogens with two attached hydrogens (primary N) is 1. The average Bonchev–Trinajstić information content (AvgIpc) is 3.02. The summed E-state index contributed by atoms with van der Waals surface area (Å²) in [4.78, 5) is 18.3. The molecule has 1 aromatic carbocycles. The van der Waals surface area contributed by atoms with E-state index in [0.717, 1.165) is 12.1 Å². The van der Waals surface area contributed by atoms with Crippen molar-refractivity contribution in [3.8, 4) is 10.6 Å². The minimum Gasteiger partial charge on any atom is -0.345 e. The standard InChI is InChI=1S/C18H22F3N3OS/c1-17(2,10-22)11-24(3)15(25)8-14-9-26-16(23-14)12-5-4-6-13(7-12)18(19,20)21/h4-7,9H,8,10-11,22H2,1-3H3. The van der Waals surface area contributed by atoms with Crippen LogP contribution in [0.2, 0.25) is 0 Å². The summed E-state index contributed by atoms with van der Waals surface area (Å²) in [5.41, 5.74) is 5.72. The predicted octanol–water partition coefficient (Wildman–Crippen LogP) is 3.81. The van der Waals surface area contributed by atoms with E-state index in [9.17, 15) is 18.0 Å². The zero-order chi connectivity index (χ0) is 19.5. The lowest BCUT2D eigenvalue weighted by Gasteiger charge is -2.28. The van der Waals surface area contributed by atoms with Gasteiger partial charge in [-0.2, -0.15) is 13.2 Å². The van der Waals surface area contributed by atoms with Crippen LogP contribution in [0.4, 0.5) is 13.2 Å². The average molecular weight is 385 g/mol. The van der Waals surface area contributed by atoms with E-state index in [-0.39, 0.29) is 17.7 Å². The zero-order valence-corrected chi connectivity index (χ0v) is 15.7. The number of likely N-dealkylation sites (N-methyl/N-ethyl adjacent to an activating group) is 1. The zero-order valence-electron chi connectivity index (χ0n) is 14.9. The van der Waals surface area contributed by atoms with Gasteiger partial charge in [0.2, 0.25) is 5.91 Å². The molecule has 8 heteroatoms. The van der Waals surface area contributed by atoms with Crippen LogP contribution in [0.15, 0.2) is 29.6 Å². The second-order valence-corrected chi connectivity index (χ2v) is 7.88. The van der Waals surface area contributed by atoms with Crippen LogP contribution in [0.5, 0.6) is 0 Å². The molecule has 0 aliphatic rings. The fraction of sp³-hybridized carbons (Fsp3) is 0.444. The van der Waals surface area contributed by atoms with Crippen LogP contribution in [0.1, 0.15) is 25.1 Å². The van der Waals surface area contributed by atoms with E-state index in [4.69, 9.17) is 5.73 Å². The number of halogens is 3. The molecule has 142 valence electrons. The Kier molecular flexibility index (Phi) is 6.08. The number of nitrogens with zero attached hydrogens (tertiary/aromatic N) is 2. The molecule has 0 unspecified atom stereocenters. The van der Waals surface area contributed by atoms with Crippen molar-refractivity contribution in [2.75, 3.05) is 20.1 Å². The molecule has 0 saturated heterocycles. The lowest BCUT2D eigenvalue weighted by atomic mass is 9.93. The van der Waals surface area contributed by atoms with Gasteiger partial charge in [0.25, 0.3) is 0 Å². The molecule has 1 amide bonds. The van der Waals surface area contributed by atoms with Gasteiger partial charge in [0, 0.05) is 24.5 Å². The summed E-state index contributed by atoms with van der Waals surface area (Å²) < 4.78 is 38.5. The summed E-state index contributed by atoms with van der Waals surface area (Å²) >= 11 is 1.22. The van der Waals surface area contributed by atoms with Crippen LogP contribution < -0.4 is 5.73 Å². The quantitative estimate of drug-likeness (QED) is 0.823. The Bertz CT molecular complexity index is 771. The molecule has 0 aliphatic heterocycles. The molecule has 0 spiro atoms. The number of hydrogen-bond acceptors (Lipinski definition) is 4. The van der Waals surface area contributed by atoms with Crippen molar-refractivity contribution in [2.24, 2.45) is 11.1 Å². The molecule has 4 nitrogen and oxygen atoms in total. The van der Waals surface area contributed by atoms with Crippen molar-refractivity contribution in [3.05, 3.63) is 40.9 Å². The Morgan fingerprint density at radius 2 is 2.00 bits per heavy atom. The van der Waals surface area contributed by atoms with Gasteiger partial charge in [-0.3, -0.25) is 4.79 Å². The first-order chi connectivity index (χ1) is 12.0. The van der Waals surface area contributed by atoms with Gasteiger partial charge in [-0.05, 0) is 24.1 Å². The monoisotopic (exact) mass is 385 g/mol. The highest BCUT2D eigenvalue weighted by Crippen LogP contribution is 2.33. The van der Waals surface area contributed by atoms with Crippen molar-refractivity contribution in [1.82, 2.24) is 9.88 Å². The highest BCUT2D eigenvalue weighted by atomic mass is 32.1. The Labute approximate surface area is 154 Å². The first-order valence-corrected chi connectivity index (χ1v) is 8.96. The topological polar surface area (TPSA) is 59.2 Å². The van der Waals surface area contributed by atoms with Crippen LogP contribution in [-0.2, 0) is 17.4 Å². The van der Waals surface area contributed by atoms with E-state index in [2.05, 4.69) is 4.98 Å². The molecule has 0 radical (unpaired) electrons. The van der Waals surface area contributed by atoms with E-state index in [1.165, 1.54) is 17.4 Å². The minimum absolute atomic E-state index is 0.104. The van der Waals surface area contributed by atoms with Gasteiger partial charge in [-0.25, -0.2) is 4.98 Å². The first kappa shape index (κ1) is 20.4. The molecule has 0 atom stereocenters. The van der Waals surface area contributed by atoms with Crippen molar-refractivity contribution in [3.63, 3.8) is 0 Å². The molecule has 26 heavy (non-hydrogen) atoms. The Morgan fingerprint density at radius 3 is 2.62 bits per heavy atom. The van der Waals surface area contributed by atoms with Crippen LogP contribution >= 0.6 is 11.3 Å². The van der Waals surface area contributed by atoms with Crippen molar-refractivity contribution >= 4 is 17.2 Å². The number of aromatic nitrogens is 1. The van der Waals surface area contributed by atoms with Crippen LogP contribution in [0, 0.1) is 5.41 Å². The maximum atomic E-state index is 12.8. The van der Waals surface area contributed by atoms with Crippen molar-refractivity contribution in [1.29, 1.82) is 0 Å². The van der Waals surface area contributed by atoms with Crippen LogP contribution in [0.3, 0.4) is 0 Å². The minimum atomic E-state index is -4.40. The number of rotatable bonds is 6. The number of carbonyl (C=O) groups excluding carboxylic acids is 1. The molecule has 2 aromatic rings. The Balaban J connectivity index is 2.10. The summed E-state index contributed by atoms with van der Waals surface area (Å²) in [5, 5.41) is 2.17. The maximum absolute atomic E-state index is 12.8. The molecule has 1 aromatic heterocycles. The predicted molar refractivity (Wildman–Crippen MR) is 96.7 cm³/mol. The number of benzene rings is 1. The van der Waals surface area contributed by atoms with Crippen molar-refractivity contribution < 1.29 is 18.0 Å². The van der Waals surface area contributed by atoms with Crippen molar-refractivity contribution in [2.45, 2.75) is 26.4 Å². The second-order valence-electron chi connectivity index (χ2n) is 7.02. The van der Waals surface area contributed by atoms with Gasteiger partial charge in [0.1, 0.15) is 5.01 Å². The summed E-state index contributed by atoms with van der Waals surface area (Å²) in [5.74, 6) is -0.104. The van der Waals surface area contributed by atoms with E-state index in [1.54, 1.807) is 23.4 Å². The molecule has 0 aliphatic carbocycles. The Hall–Kier alpha value is -1.93. The van der Waals surface area contributed by atoms with Gasteiger partial charge >= 0.3 is 6.18 Å². The van der Waals surface area contributed by atoms with Gasteiger partial charge in [0.15, 0.2) is 0 Å². The van der Waals surface area contributed by atoms with E-state index in [1.807, 2.05) is 13.8 Å². The second kappa shape index (κ2) is 7.75. The fourth-order valence-electron chi connectivity index (χ4n) is 2.43. The third kappa shape index (κ3) is 5.28. The van der Waals surface area contributed by atoms with Gasteiger partial charge < -0.3 is 10.6 Å². The molecule has 0 saturated carbocycles. The summed E-state index contributed by atoms with van der Waals surface area (Å²) in [7, 11) is 1.71. The van der Waals surface area contributed by atoms with Crippen LogP contribution in [0.25, 0.3) is 10.6 Å². The molecule has 0 bridgehead atoms. The number of hydrogen-bond donors (Lipinski definition) is 1. The SMILES string of the molecule is CN(CC(C)(C)CN)C(=O)Cc1csc(-c2cccc(C(F)(F)F)c2)n1. The lowest BCUT2D eigenvalue weighted by Crippen LogP contribution is -2.40. The largest absolute Gasteiger partial charge is 0.416 e. The normalized spacial score (nSPS) is 12.3. The first-order valence-electron chi connectivity index (χ1n) is 8.08. The van der Waals surface area contributed by atoms with E-state index in [0.29, 0.717) is 29.4 Å². The third-order valence-corrected chi connectivity index (χ3v) is 4.90. The molecular weight excluding hydrogens is 363 g/mol. The van der Waals surface area contributed by atoms with E-state index >= 15 is 0 Å². The molecule has 2 rings (SSSR count). The smallest absolute Gasteiger partial charge is 0.345 e. The summed E-state index contributed by atoms with van der Waals surface area (Å²) in [6, 6.07) is 5.03. The highest BCUT2D eigenvalue weighted by molar-refractivity contribution is 7.13. The molecule has 2 N–H and O–H groups in total. The van der Waals surface area contributed by atoms with Crippen LogP contribution in [-0.4, -0.2) is 35.9 Å². The number of alkyl halides is 3. The van der Waals surface area contributed by atoms with Gasteiger partial charge in [-0.15, -0.1) is 11.3 Å². The number of thiazole rings is 1. The lowest BCUT2D eigenvalue weighted by molar-refractivity contribution is -0.137. The highest BCUT2D eigenvalue weighted by Gasteiger charge is 2.30. The van der Waals surface area contributed by atoms with Gasteiger partial charge in [0.05, 0.1) is 17.7 Å². The fourth-order valence-corrected chi connectivity index (χ4v) is 3.25. The number of amides is 1. The third-order valence-electron chi connectivity index (χ3n) is 3.96. The molecule has 1 heterocycles. The summed E-state index contributed by atoms with van der Waals surface area (Å²) in [6.07, 6.45) is -4.29. The summed E-state index contributed by atoms with van der Waals surface area (Å²) in [6.45, 7) is 4.94. The molecule has 0 fully saturated rings.